The van der Waals surface area contributed by atoms with E-state index in [9.17, 15) is 14.4 Å². The molecule has 0 unspecified atom stereocenters. The summed E-state index contributed by atoms with van der Waals surface area (Å²) in [5, 5.41) is 5.49. The largest absolute Gasteiger partial charge is 0.452 e. The number of hydrogen-bond donors (Lipinski definition) is 2. The molecule has 1 aromatic rings. The van der Waals surface area contributed by atoms with E-state index in [1.54, 1.807) is 29.2 Å². The van der Waals surface area contributed by atoms with Gasteiger partial charge in [0.2, 0.25) is 0 Å². The number of ether oxygens (including phenoxy) is 1. The van der Waals surface area contributed by atoms with Crippen molar-refractivity contribution in [3.05, 3.63) is 35.4 Å². The molecule has 2 N–H and O–H groups in total. The minimum Gasteiger partial charge on any atom is -0.452 e. The second-order valence-electron chi connectivity index (χ2n) is 8.00. The van der Waals surface area contributed by atoms with Crippen LogP contribution in [0.2, 0.25) is 0 Å². The van der Waals surface area contributed by atoms with Crippen LogP contribution in [-0.4, -0.2) is 48.5 Å². The Kier molecular flexibility index (Phi) is 7.84. The fourth-order valence-corrected chi connectivity index (χ4v) is 3.42. The van der Waals surface area contributed by atoms with E-state index < -0.39 is 5.97 Å². The number of piperidine rings is 1. The molecule has 1 aromatic carbocycles. The lowest BCUT2D eigenvalue weighted by atomic mass is 9.92. The second-order valence-corrected chi connectivity index (χ2v) is 8.00. The van der Waals surface area contributed by atoms with Crippen LogP contribution in [0.25, 0.3) is 0 Å². The zero-order valence-electron chi connectivity index (χ0n) is 17.2. The molecule has 2 rings (SSSR count). The van der Waals surface area contributed by atoms with Crippen molar-refractivity contribution in [3.8, 4) is 0 Å². The summed E-state index contributed by atoms with van der Waals surface area (Å²) >= 11 is 0. The summed E-state index contributed by atoms with van der Waals surface area (Å²) in [7, 11) is 0. The maximum atomic E-state index is 12.3. The molecule has 2 atom stereocenters. The highest BCUT2D eigenvalue weighted by Gasteiger charge is 2.26. The first-order valence-electron chi connectivity index (χ1n) is 9.82. The molecule has 1 aliphatic rings. The summed E-state index contributed by atoms with van der Waals surface area (Å²) in [6.07, 6.45) is 1.11. The van der Waals surface area contributed by atoms with Gasteiger partial charge in [0.25, 0.3) is 5.91 Å². The summed E-state index contributed by atoms with van der Waals surface area (Å²) in [6.45, 7) is 9.58. The first kappa shape index (κ1) is 21.7. The predicted molar refractivity (Wildman–Crippen MR) is 107 cm³/mol. The first-order valence-corrected chi connectivity index (χ1v) is 9.82. The van der Waals surface area contributed by atoms with Crippen LogP contribution in [0.1, 0.15) is 50.0 Å². The van der Waals surface area contributed by atoms with E-state index in [1.807, 2.05) is 13.8 Å². The van der Waals surface area contributed by atoms with Gasteiger partial charge in [0.05, 0.1) is 5.56 Å². The number of amides is 3. The van der Waals surface area contributed by atoms with Gasteiger partial charge in [0.15, 0.2) is 6.61 Å². The van der Waals surface area contributed by atoms with Gasteiger partial charge in [0.1, 0.15) is 0 Å². The van der Waals surface area contributed by atoms with Crippen molar-refractivity contribution in [1.82, 2.24) is 15.5 Å². The van der Waals surface area contributed by atoms with Crippen LogP contribution in [0.5, 0.6) is 0 Å². The van der Waals surface area contributed by atoms with Crippen LogP contribution < -0.4 is 10.6 Å². The predicted octanol–water partition coefficient (Wildman–Crippen LogP) is 2.56. The molecule has 3 amide bonds. The molecular formula is C21H31N3O4. The molecule has 7 heteroatoms. The standard InChI is InChI=1S/C21H31N3O4/c1-14(2)23-21(27)22-10-17-5-7-18(8-6-17)20(26)28-13-19(25)24-11-15(3)9-16(4)12-24/h5-8,14-16H,9-13H2,1-4H3,(H2,22,23,27)/t15-,16+. The minimum atomic E-state index is -0.525. The van der Waals surface area contributed by atoms with Crippen molar-refractivity contribution in [2.45, 2.75) is 46.7 Å². The molecule has 0 spiro atoms. The fraction of sp³-hybridized carbons (Fsp3) is 0.571. The summed E-state index contributed by atoms with van der Waals surface area (Å²) < 4.78 is 5.19. The van der Waals surface area contributed by atoms with Crippen LogP contribution in [-0.2, 0) is 16.1 Å². The third-order valence-corrected chi connectivity index (χ3v) is 4.61. The number of nitrogens with zero attached hydrogens (tertiary/aromatic N) is 1. The number of rotatable bonds is 6. The molecule has 0 radical (unpaired) electrons. The normalized spacial score (nSPS) is 19.2. The van der Waals surface area contributed by atoms with E-state index >= 15 is 0 Å². The lowest BCUT2D eigenvalue weighted by molar-refractivity contribution is -0.137. The highest BCUT2D eigenvalue weighted by molar-refractivity contribution is 5.91. The quantitative estimate of drug-likeness (QED) is 0.732. The van der Waals surface area contributed by atoms with Crippen LogP contribution >= 0.6 is 0 Å². The molecule has 0 aromatic heterocycles. The van der Waals surface area contributed by atoms with Crippen molar-refractivity contribution in [1.29, 1.82) is 0 Å². The molecule has 7 nitrogen and oxygen atoms in total. The molecule has 1 heterocycles. The van der Waals surface area contributed by atoms with Crippen molar-refractivity contribution < 1.29 is 19.1 Å². The molecule has 154 valence electrons. The maximum Gasteiger partial charge on any atom is 0.338 e. The monoisotopic (exact) mass is 389 g/mol. The van der Waals surface area contributed by atoms with Gasteiger partial charge in [-0.15, -0.1) is 0 Å². The molecule has 0 aliphatic carbocycles. The highest BCUT2D eigenvalue weighted by atomic mass is 16.5. The van der Waals surface area contributed by atoms with Gasteiger partial charge in [-0.05, 0) is 49.8 Å². The average Bonchev–Trinajstić information content (AvgIpc) is 2.63. The second kappa shape index (κ2) is 10.1. The molecule has 0 saturated carbocycles. The summed E-state index contributed by atoms with van der Waals surface area (Å²) in [5.74, 6) is 0.256. The number of esters is 1. The van der Waals surface area contributed by atoms with Crippen molar-refractivity contribution in [2.75, 3.05) is 19.7 Å². The Balaban J connectivity index is 1.79. The molecule has 1 fully saturated rings. The fourth-order valence-electron chi connectivity index (χ4n) is 3.42. The molecule has 0 bridgehead atoms. The number of nitrogens with one attached hydrogen (secondary N) is 2. The Hall–Kier alpha value is -2.57. The van der Waals surface area contributed by atoms with Gasteiger partial charge in [-0.2, -0.15) is 0 Å². The third-order valence-electron chi connectivity index (χ3n) is 4.61. The SMILES string of the molecule is CC(C)NC(=O)NCc1ccc(C(=O)OCC(=O)N2C[C@H](C)C[C@H](C)C2)cc1. The van der Waals surface area contributed by atoms with E-state index in [-0.39, 0.29) is 24.6 Å². The van der Waals surface area contributed by atoms with Crippen molar-refractivity contribution >= 4 is 17.9 Å². The molecule has 1 aliphatic heterocycles. The first-order chi connectivity index (χ1) is 13.2. The van der Waals surface area contributed by atoms with E-state index in [1.165, 1.54) is 0 Å². The summed E-state index contributed by atoms with van der Waals surface area (Å²) in [4.78, 5) is 37.9. The number of carbonyl (C=O) groups is 3. The Morgan fingerprint density at radius 3 is 2.29 bits per heavy atom. The lowest BCUT2D eigenvalue weighted by Crippen LogP contribution is -2.44. The third kappa shape index (κ3) is 6.87. The van der Waals surface area contributed by atoms with Gasteiger partial charge in [0, 0.05) is 25.7 Å². The molecule has 28 heavy (non-hydrogen) atoms. The number of hydrogen-bond acceptors (Lipinski definition) is 4. The van der Waals surface area contributed by atoms with Gasteiger partial charge in [-0.1, -0.05) is 26.0 Å². The molecule has 1 saturated heterocycles. The molecular weight excluding hydrogens is 358 g/mol. The van der Waals surface area contributed by atoms with Gasteiger partial charge < -0.3 is 20.3 Å². The minimum absolute atomic E-state index is 0.0659. The van der Waals surface area contributed by atoms with E-state index in [2.05, 4.69) is 24.5 Å². The summed E-state index contributed by atoms with van der Waals surface area (Å²) in [5.41, 5.74) is 1.24. The maximum absolute atomic E-state index is 12.3. The topological polar surface area (TPSA) is 87.7 Å². The van der Waals surface area contributed by atoms with Crippen LogP contribution in [0.4, 0.5) is 4.79 Å². The van der Waals surface area contributed by atoms with E-state index in [4.69, 9.17) is 4.74 Å². The number of benzene rings is 1. The lowest BCUT2D eigenvalue weighted by Gasteiger charge is -2.34. The van der Waals surface area contributed by atoms with Gasteiger partial charge in [-0.25, -0.2) is 9.59 Å². The average molecular weight is 389 g/mol. The number of carbonyl (C=O) groups excluding carboxylic acids is 3. The number of urea groups is 1. The Morgan fingerprint density at radius 2 is 1.71 bits per heavy atom. The zero-order valence-corrected chi connectivity index (χ0v) is 17.2. The smallest absolute Gasteiger partial charge is 0.338 e. The zero-order chi connectivity index (χ0) is 20.7. The number of likely N-dealkylation sites (tertiary alicyclic amines) is 1. The Bertz CT molecular complexity index is 677. The Morgan fingerprint density at radius 1 is 1.11 bits per heavy atom. The Labute approximate surface area is 166 Å². The summed E-state index contributed by atoms with van der Waals surface area (Å²) in [6, 6.07) is 6.60. The van der Waals surface area contributed by atoms with Crippen LogP contribution in [0, 0.1) is 11.8 Å². The van der Waals surface area contributed by atoms with Gasteiger partial charge >= 0.3 is 12.0 Å². The van der Waals surface area contributed by atoms with E-state index in [0.29, 0.717) is 37.0 Å². The van der Waals surface area contributed by atoms with Crippen molar-refractivity contribution in [3.63, 3.8) is 0 Å². The van der Waals surface area contributed by atoms with E-state index in [0.717, 1.165) is 12.0 Å². The van der Waals surface area contributed by atoms with Crippen LogP contribution in [0.3, 0.4) is 0 Å². The van der Waals surface area contributed by atoms with Crippen molar-refractivity contribution in [2.24, 2.45) is 11.8 Å². The van der Waals surface area contributed by atoms with Gasteiger partial charge in [-0.3, -0.25) is 4.79 Å². The van der Waals surface area contributed by atoms with Crippen LogP contribution in [0.15, 0.2) is 24.3 Å². The highest BCUT2D eigenvalue weighted by Crippen LogP contribution is 2.21.